The number of benzene rings is 1. The number of nitrogen functional groups attached to an aromatic ring is 1. The molecule has 8 heteroatoms. The van der Waals surface area contributed by atoms with Gasteiger partial charge in [0.05, 0.1) is 22.8 Å². The molecule has 1 aromatic carbocycles. The van der Waals surface area contributed by atoms with Crippen molar-refractivity contribution in [1.82, 2.24) is 25.1 Å². The van der Waals surface area contributed by atoms with Crippen LogP contribution in [0.2, 0.25) is 5.02 Å². The van der Waals surface area contributed by atoms with Gasteiger partial charge in [-0.25, -0.2) is 4.98 Å². The summed E-state index contributed by atoms with van der Waals surface area (Å²) in [7, 11) is 0. The molecule has 4 rings (SSSR count). The van der Waals surface area contributed by atoms with Gasteiger partial charge in [0.15, 0.2) is 0 Å². The van der Waals surface area contributed by atoms with Gasteiger partial charge in [-0.3, -0.25) is 9.67 Å². The van der Waals surface area contributed by atoms with Gasteiger partial charge in [-0.1, -0.05) is 17.7 Å². The molecule has 4 aromatic rings. The van der Waals surface area contributed by atoms with Gasteiger partial charge in [-0.2, -0.15) is 10.4 Å². The number of rotatable bonds is 6. The van der Waals surface area contributed by atoms with Crippen LogP contribution in [-0.2, 0) is 19.6 Å². The fourth-order valence-electron chi connectivity index (χ4n) is 3.66. The highest BCUT2D eigenvalue weighted by atomic mass is 35.5. The van der Waals surface area contributed by atoms with Crippen LogP contribution in [-0.4, -0.2) is 19.7 Å². The van der Waals surface area contributed by atoms with Crippen LogP contribution in [0.15, 0.2) is 42.6 Å². The number of aryl methyl sites for hydroxylation is 2. The summed E-state index contributed by atoms with van der Waals surface area (Å²) >= 11 is 6.06. The number of nitrogens with two attached hydrogens (primary N) is 1. The standard InChI is InChI=1S/C23H22ClN7/c1-14-5-23(26)29-15(2)21(14)12-27-11-19-8-20(9-25)31(30-19)13-16-3-4-22-17(6-16)7-18(24)10-28-22/h3-8,10,27H,11-13H2,1-2H3,(H2,26,29). The Morgan fingerprint density at radius 2 is 2.00 bits per heavy atom. The van der Waals surface area contributed by atoms with Crippen LogP contribution in [0.5, 0.6) is 0 Å². The third kappa shape index (κ3) is 4.66. The number of hydrogen-bond acceptors (Lipinski definition) is 6. The lowest BCUT2D eigenvalue weighted by Gasteiger charge is -2.10. The Morgan fingerprint density at radius 1 is 1.16 bits per heavy atom. The van der Waals surface area contributed by atoms with Crippen LogP contribution in [0.3, 0.4) is 0 Å². The van der Waals surface area contributed by atoms with Crippen LogP contribution >= 0.6 is 11.6 Å². The number of halogens is 1. The fraction of sp³-hybridized carbons (Fsp3) is 0.217. The lowest BCUT2D eigenvalue weighted by molar-refractivity contribution is 0.627. The van der Waals surface area contributed by atoms with Gasteiger partial charge in [0.2, 0.25) is 0 Å². The average molecular weight is 432 g/mol. The first kappa shape index (κ1) is 20.8. The summed E-state index contributed by atoms with van der Waals surface area (Å²) in [6, 6.07) is 13.8. The zero-order valence-electron chi connectivity index (χ0n) is 17.4. The Labute approximate surface area is 185 Å². The molecule has 0 fully saturated rings. The molecule has 7 nitrogen and oxygen atoms in total. The van der Waals surface area contributed by atoms with Crippen molar-refractivity contribution in [3.63, 3.8) is 0 Å². The summed E-state index contributed by atoms with van der Waals surface area (Å²) in [6.07, 6.45) is 1.63. The van der Waals surface area contributed by atoms with E-state index in [0.717, 1.165) is 39.0 Å². The van der Waals surface area contributed by atoms with Crippen molar-refractivity contribution in [3.05, 3.63) is 81.4 Å². The molecule has 0 saturated carbocycles. The molecule has 0 aliphatic heterocycles. The molecule has 0 saturated heterocycles. The quantitative estimate of drug-likeness (QED) is 0.479. The molecule has 0 aliphatic rings. The van der Waals surface area contributed by atoms with Gasteiger partial charge >= 0.3 is 0 Å². The van der Waals surface area contributed by atoms with Crippen molar-refractivity contribution in [2.45, 2.75) is 33.5 Å². The van der Waals surface area contributed by atoms with E-state index in [9.17, 15) is 5.26 Å². The summed E-state index contributed by atoms with van der Waals surface area (Å²) in [6.45, 7) is 5.66. The van der Waals surface area contributed by atoms with Gasteiger partial charge in [-0.15, -0.1) is 0 Å². The van der Waals surface area contributed by atoms with E-state index in [4.69, 9.17) is 17.3 Å². The predicted octanol–water partition coefficient (Wildman–Crippen LogP) is 3.89. The Hall–Kier alpha value is -3.47. The molecular formula is C23H22ClN7. The van der Waals surface area contributed by atoms with Gasteiger partial charge in [0.1, 0.15) is 17.6 Å². The van der Waals surface area contributed by atoms with Crippen molar-refractivity contribution in [2.75, 3.05) is 5.73 Å². The number of anilines is 1. The molecule has 156 valence electrons. The summed E-state index contributed by atoms with van der Waals surface area (Å²) < 4.78 is 1.72. The van der Waals surface area contributed by atoms with E-state index in [1.165, 1.54) is 0 Å². The normalized spacial score (nSPS) is 11.0. The van der Waals surface area contributed by atoms with E-state index in [1.807, 2.05) is 50.2 Å². The van der Waals surface area contributed by atoms with Gasteiger partial charge < -0.3 is 11.1 Å². The second-order valence-electron chi connectivity index (χ2n) is 7.50. The van der Waals surface area contributed by atoms with E-state index in [-0.39, 0.29) is 0 Å². The zero-order chi connectivity index (χ0) is 22.0. The highest BCUT2D eigenvalue weighted by Crippen LogP contribution is 2.19. The third-order valence-corrected chi connectivity index (χ3v) is 5.38. The Bertz CT molecular complexity index is 1280. The van der Waals surface area contributed by atoms with E-state index in [2.05, 4.69) is 26.5 Å². The van der Waals surface area contributed by atoms with Crippen molar-refractivity contribution in [3.8, 4) is 6.07 Å². The smallest absolute Gasteiger partial charge is 0.139 e. The summed E-state index contributed by atoms with van der Waals surface area (Å²) in [5.74, 6) is 0.530. The largest absolute Gasteiger partial charge is 0.384 e. The maximum Gasteiger partial charge on any atom is 0.139 e. The van der Waals surface area contributed by atoms with Crippen LogP contribution in [0.4, 0.5) is 5.82 Å². The first-order chi connectivity index (χ1) is 14.9. The molecule has 3 aromatic heterocycles. The Kier molecular flexibility index (Phi) is 5.85. The number of nitriles is 1. The van der Waals surface area contributed by atoms with Crippen LogP contribution < -0.4 is 11.1 Å². The molecule has 0 unspecified atom stereocenters. The minimum absolute atomic E-state index is 0.492. The van der Waals surface area contributed by atoms with Crippen molar-refractivity contribution >= 4 is 28.3 Å². The first-order valence-corrected chi connectivity index (χ1v) is 10.2. The van der Waals surface area contributed by atoms with Crippen molar-refractivity contribution < 1.29 is 0 Å². The second kappa shape index (κ2) is 8.72. The molecule has 0 bridgehead atoms. The molecule has 31 heavy (non-hydrogen) atoms. The number of nitrogens with zero attached hydrogens (tertiary/aromatic N) is 5. The molecule has 0 radical (unpaired) electrons. The molecule has 0 atom stereocenters. The van der Waals surface area contributed by atoms with E-state index < -0.39 is 0 Å². The molecule has 0 aliphatic carbocycles. The van der Waals surface area contributed by atoms with Crippen molar-refractivity contribution in [1.29, 1.82) is 5.26 Å². The summed E-state index contributed by atoms with van der Waals surface area (Å²) in [5, 5.41) is 19.1. The van der Waals surface area contributed by atoms with E-state index in [1.54, 1.807) is 10.9 Å². The number of fused-ring (bicyclic) bond motifs is 1. The lowest BCUT2D eigenvalue weighted by Crippen LogP contribution is -2.16. The minimum atomic E-state index is 0.492. The molecule has 3 heterocycles. The van der Waals surface area contributed by atoms with Crippen LogP contribution in [0, 0.1) is 25.2 Å². The van der Waals surface area contributed by atoms with Gasteiger partial charge in [-0.05, 0) is 60.9 Å². The Balaban J connectivity index is 1.48. The topological polar surface area (TPSA) is 105 Å². The molecule has 3 N–H and O–H groups in total. The predicted molar refractivity (Wildman–Crippen MR) is 121 cm³/mol. The zero-order valence-corrected chi connectivity index (χ0v) is 18.1. The van der Waals surface area contributed by atoms with Crippen LogP contribution in [0.1, 0.15) is 33.8 Å². The summed E-state index contributed by atoms with van der Waals surface area (Å²) in [5.41, 5.74) is 12.2. The van der Waals surface area contributed by atoms with Crippen molar-refractivity contribution in [2.24, 2.45) is 0 Å². The molecule has 0 amide bonds. The summed E-state index contributed by atoms with van der Waals surface area (Å²) in [4.78, 5) is 8.64. The highest BCUT2D eigenvalue weighted by Gasteiger charge is 2.10. The van der Waals surface area contributed by atoms with E-state index in [0.29, 0.717) is 36.2 Å². The first-order valence-electron chi connectivity index (χ1n) is 9.87. The monoisotopic (exact) mass is 431 g/mol. The number of hydrogen-bond donors (Lipinski definition) is 2. The van der Waals surface area contributed by atoms with Gasteiger partial charge in [0.25, 0.3) is 0 Å². The minimum Gasteiger partial charge on any atom is -0.384 e. The Morgan fingerprint density at radius 3 is 2.77 bits per heavy atom. The second-order valence-corrected chi connectivity index (χ2v) is 7.94. The SMILES string of the molecule is Cc1cc(N)nc(C)c1CNCc1cc(C#N)n(Cc2ccc3ncc(Cl)cc3c2)n1. The van der Waals surface area contributed by atoms with E-state index >= 15 is 0 Å². The molecular weight excluding hydrogens is 410 g/mol. The number of nitrogens with one attached hydrogen (secondary N) is 1. The van der Waals surface area contributed by atoms with Crippen LogP contribution in [0.25, 0.3) is 10.9 Å². The number of aromatic nitrogens is 4. The third-order valence-electron chi connectivity index (χ3n) is 5.17. The maximum atomic E-state index is 9.54. The molecule has 0 spiro atoms. The fourth-order valence-corrected chi connectivity index (χ4v) is 3.83. The average Bonchev–Trinajstić information content (AvgIpc) is 3.11. The van der Waals surface area contributed by atoms with Gasteiger partial charge in [0, 0.05) is 30.4 Å². The lowest BCUT2D eigenvalue weighted by atomic mass is 10.1. The maximum absolute atomic E-state index is 9.54. The highest BCUT2D eigenvalue weighted by molar-refractivity contribution is 6.31. The number of pyridine rings is 2.